The van der Waals surface area contributed by atoms with Gasteiger partial charge in [0.1, 0.15) is 5.82 Å². The molecule has 1 heterocycles. The first-order valence-electron chi connectivity index (χ1n) is 5.90. The highest BCUT2D eigenvalue weighted by Gasteiger charge is 2.14. The Labute approximate surface area is 102 Å². The largest absolute Gasteiger partial charge is 0.235 e. The van der Waals surface area contributed by atoms with E-state index in [1.165, 1.54) is 0 Å². The third kappa shape index (κ3) is 2.99. The van der Waals surface area contributed by atoms with Crippen LogP contribution in [0.2, 0.25) is 5.15 Å². The van der Waals surface area contributed by atoms with Crippen LogP contribution in [0.3, 0.4) is 0 Å². The number of aromatic nitrogens is 2. The highest BCUT2D eigenvalue weighted by molar-refractivity contribution is 6.30. The average Bonchev–Trinajstić information content (AvgIpc) is 2.59. The van der Waals surface area contributed by atoms with E-state index in [9.17, 15) is 0 Å². The Balaban J connectivity index is 2.90. The van der Waals surface area contributed by atoms with Gasteiger partial charge in [0.2, 0.25) is 0 Å². The second-order valence-electron chi connectivity index (χ2n) is 3.91. The topological polar surface area (TPSA) is 41.6 Å². The van der Waals surface area contributed by atoms with Crippen LogP contribution in [0.15, 0.2) is 0 Å². The minimum Gasteiger partial charge on any atom is -0.235 e. The summed E-state index contributed by atoms with van der Waals surface area (Å²) in [6, 6.07) is 0. The van der Waals surface area contributed by atoms with Gasteiger partial charge >= 0.3 is 0 Å². The molecule has 0 unspecified atom stereocenters. The van der Waals surface area contributed by atoms with Crippen molar-refractivity contribution >= 4 is 11.6 Å². The Kier molecular flexibility index (Phi) is 5.34. The molecule has 16 heavy (non-hydrogen) atoms. The smallest absolute Gasteiger partial charge is 0.190 e. The van der Waals surface area contributed by atoms with E-state index in [0.717, 1.165) is 50.0 Å². The monoisotopic (exact) mass is 239 g/mol. The molecule has 0 aliphatic carbocycles. The van der Waals surface area contributed by atoms with Crippen molar-refractivity contribution < 1.29 is 0 Å². The second-order valence-corrected chi connectivity index (χ2v) is 4.27. The molecule has 0 aliphatic rings. The molecule has 0 fully saturated rings. The molecule has 0 amide bonds. The van der Waals surface area contributed by atoms with Gasteiger partial charge in [0, 0.05) is 6.42 Å². The van der Waals surface area contributed by atoms with Crippen molar-refractivity contribution in [1.29, 1.82) is 5.26 Å². The zero-order valence-corrected chi connectivity index (χ0v) is 10.7. The quantitative estimate of drug-likeness (QED) is 0.762. The molecule has 3 nitrogen and oxygen atoms in total. The second kappa shape index (κ2) is 6.55. The molecule has 0 aromatic carbocycles. The van der Waals surface area contributed by atoms with Crippen LogP contribution in [0, 0.1) is 11.5 Å². The summed E-state index contributed by atoms with van der Waals surface area (Å²) in [5.74, 6) is 0.806. The van der Waals surface area contributed by atoms with Crippen LogP contribution in [-0.2, 0) is 12.8 Å². The number of unbranched alkanes of at least 4 members (excludes halogenated alkanes) is 2. The third-order valence-corrected chi connectivity index (χ3v) is 2.92. The summed E-state index contributed by atoms with van der Waals surface area (Å²) < 4.78 is 1.60. The van der Waals surface area contributed by atoms with Gasteiger partial charge in [-0.2, -0.15) is 5.26 Å². The van der Waals surface area contributed by atoms with E-state index < -0.39 is 0 Å². The molecule has 1 rings (SSSR count). The SMILES string of the molecule is CCCCc1nc(Cl)c(CCCC)n1C#N. The molecule has 1 aromatic rings. The van der Waals surface area contributed by atoms with Crippen LogP contribution in [0.5, 0.6) is 0 Å². The van der Waals surface area contributed by atoms with Gasteiger partial charge in [-0.25, -0.2) is 9.55 Å². The number of halogens is 1. The fourth-order valence-electron chi connectivity index (χ4n) is 1.66. The Bertz CT molecular complexity index is 376. The van der Waals surface area contributed by atoms with Crippen molar-refractivity contribution in [2.45, 2.75) is 52.4 Å². The Morgan fingerprint density at radius 2 is 1.88 bits per heavy atom. The maximum atomic E-state index is 9.13. The fourth-order valence-corrected chi connectivity index (χ4v) is 1.93. The summed E-state index contributed by atoms with van der Waals surface area (Å²) in [5.41, 5.74) is 0.872. The Hall–Kier alpha value is -1.01. The Morgan fingerprint density at radius 3 is 2.44 bits per heavy atom. The van der Waals surface area contributed by atoms with Crippen LogP contribution in [0.4, 0.5) is 0 Å². The number of hydrogen-bond acceptors (Lipinski definition) is 2. The summed E-state index contributed by atoms with van der Waals surface area (Å²) in [5, 5.41) is 9.63. The van der Waals surface area contributed by atoms with E-state index in [1.54, 1.807) is 4.57 Å². The van der Waals surface area contributed by atoms with Crippen LogP contribution in [0.1, 0.15) is 51.0 Å². The van der Waals surface area contributed by atoms with Gasteiger partial charge in [0.05, 0.1) is 5.69 Å². The molecule has 0 radical (unpaired) electrons. The fraction of sp³-hybridized carbons (Fsp3) is 0.667. The number of nitrogens with zero attached hydrogens (tertiary/aromatic N) is 3. The van der Waals surface area contributed by atoms with E-state index >= 15 is 0 Å². The highest BCUT2D eigenvalue weighted by Crippen LogP contribution is 2.20. The lowest BCUT2D eigenvalue weighted by atomic mass is 10.2. The lowest BCUT2D eigenvalue weighted by molar-refractivity contribution is 0.717. The molecule has 0 N–H and O–H groups in total. The highest BCUT2D eigenvalue weighted by atomic mass is 35.5. The zero-order valence-electron chi connectivity index (χ0n) is 9.96. The minimum absolute atomic E-state index is 0.501. The van der Waals surface area contributed by atoms with E-state index in [-0.39, 0.29) is 0 Å². The van der Waals surface area contributed by atoms with Crippen molar-refractivity contribution in [3.63, 3.8) is 0 Å². The van der Waals surface area contributed by atoms with Crippen LogP contribution in [-0.4, -0.2) is 9.55 Å². The molecule has 88 valence electrons. The van der Waals surface area contributed by atoms with Crippen molar-refractivity contribution in [2.24, 2.45) is 0 Å². The van der Waals surface area contributed by atoms with E-state index in [2.05, 4.69) is 25.0 Å². The number of aryl methyl sites for hydroxylation is 1. The predicted molar refractivity (Wildman–Crippen MR) is 65.5 cm³/mol. The molecule has 0 saturated carbocycles. The van der Waals surface area contributed by atoms with Gasteiger partial charge in [-0.05, 0) is 19.3 Å². The van der Waals surface area contributed by atoms with Crippen LogP contribution >= 0.6 is 11.6 Å². The first kappa shape index (κ1) is 13.1. The van der Waals surface area contributed by atoms with Crippen LogP contribution in [0.25, 0.3) is 0 Å². The maximum Gasteiger partial charge on any atom is 0.190 e. The van der Waals surface area contributed by atoms with Gasteiger partial charge in [-0.15, -0.1) is 0 Å². The number of imidazole rings is 1. The van der Waals surface area contributed by atoms with Crippen molar-refractivity contribution in [2.75, 3.05) is 0 Å². The van der Waals surface area contributed by atoms with Gasteiger partial charge in [-0.1, -0.05) is 38.3 Å². The lowest BCUT2D eigenvalue weighted by Gasteiger charge is -2.01. The molecule has 0 bridgehead atoms. The molecular formula is C12H18ClN3. The third-order valence-electron chi connectivity index (χ3n) is 2.61. The summed E-state index contributed by atoms with van der Waals surface area (Å²) in [4.78, 5) is 4.28. The van der Waals surface area contributed by atoms with E-state index in [0.29, 0.717) is 5.15 Å². The van der Waals surface area contributed by atoms with E-state index in [4.69, 9.17) is 16.9 Å². The Morgan fingerprint density at radius 1 is 1.25 bits per heavy atom. The minimum atomic E-state index is 0.501. The average molecular weight is 240 g/mol. The van der Waals surface area contributed by atoms with E-state index in [1.807, 2.05) is 0 Å². The summed E-state index contributed by atoms with van der Waals surface area (Å²) >= 11 is 6.06. The molecular weight excluding hydrogens is 222 g/mol. The number of nitriles is 1. The van der Waals surface area contributed by atoms with Crippen molar-refractivity contribution in [3.8, 4) is 6.19 Å². The number of hydrogen-bond donors (Lipinski definition) is 0. The van der Waals surface area contributed by atoms with Crippen LogP contribution < -0.4 is 0 Å². The number of rotatable bonds is 6. The first-order valence-corrected chi connectivity index (χ1v) is 6.28. The summed E-state index contributed by atoms with van der Waals surface area (Å²) in [6.45, 7) is 4.25. The van der Waals surface area contributed by atoms with Gasteiger partial charge < -0.3 is 0 Å². The van der Waals surface area contributed by atoms with Crippen molar-refractivity contribution in [1.82, 2.24) is 9.55 Å². The zero-order chi connectivity index (χ0) is 12.0. The van der Waals surface area contributed by atoms with Crippen molar-refractivity contribution in [3.05, 3.63) is 16.7 Å². The maximum absolute atomic E-state index is 9.13. The summed E-state index contributed by atoms with van der Waals surface area (Å²) in [6.07, 6.45) is 8.11. The molecule has 0 atom stereocenters. The first-order chi connectivity index (χ1) is 7.74. The normalized spacial score (nSPS) is 10.4. The summed E-state index contributed by atoms with van der Waals surface area (Å²) in [7, 11) is 0. The molecule has 0 spiro atoms. The predicted octanol–water partition coefficient (Wildman–Crippen LogP) is 3.55. The van der Waals surface area contributed by atoms with Gasteiger partial charge in [0.25, 0.3) is 0 Å². The molecule has 1 aromatic heterocycles. The lowest BCUT2D eigenvalue weighted by Crippen LogP contribution is -2.02. The standard InChI is InChI=1S/C12H18ClN3/c1-3-5-7-10-12(13)15-11(8-6-4-2)16(10)9-14/h3-8H2,1-2H3. The van der Waals surface area contributed by atoms with Gasteiger partial charge in [0.15, 0.2) is 11.3 Å². The molecule has 4 heteroatoms. The molecule has 0 saturated heterocycles. The molecule has 0 aliphatic heterocycles. The van der Waals surface area contributed by atoms with Gasteiger partial charge in [-0.3, -0.25) is 0 Å².